The number of methoxy groups -OCH3 is 3. The van der Waals surface area contributed by atoms with Gasteiger partial charge in [0.05, 0.1) is 32.3 Å². The van der Waals surface area contributed by atoms with Gasteiger partial charge in [0.2, 0.25) is 0 Å². The predicted molar refractivity (Wildman–Crippen MR) is 105 cm³/mol. The number of sulfonamides is 1. The molecule has 2 aromatic carbocycles. The predicted octanol–water partition coefficient (Wildman–Crippen LogP) is 1.28. The van der Waals surface area contributed by atoms with E-state index in [9.17, 15) is 28.1 Å². The largest absolute Gasteiger partial charge is 0.497 e. The minimum absolute atomic E-state index is 0.0200. The molecule has 0 atom stereocenters. The number of esters is 1. The van der Waals surface area contributed by atoms with Crippen molar-refractivity contribution in [3.63, 3.8) is 0 Å². The van der Waals surface area contributed by atoms with Crippen LogP contribution in [0.2, 0.25) is 0 Å². The van der Waals surface area contributed by atoms with Crippen LogP contribution in [0.4, 0.5) is 5.69 Å². The van der Waals surface area contributed by atoms with Crippen molar-refractivity contribution < 1.29 is 41.9 Å². The monoisotopic (exact) mass is 454 g/mol. The first kappa shape index (κ1) is 23.4. The van der Waals surface area contributed by atoms with E-state index in [1.54, 1.807) is 4.72 Å². The SMILES string of the molecule is COC(=O)COc1cc(C(=O)NS(=O)(=O)c2ccc(OC)cc2[N+](=O)[O-])ccc1OC. The lowest BCUT2D eigenvalue weighted by molar-refractivity contribution is -0.387. The van der Waals surface area contributed by atoms with Crippen LogP contribution in [0.5, 0.6) is 17.2 Å². The zero-order valence-electron chi connectivity index (χ0n) is 16.6. The van der Waals surface area contributed by atoms with Gasteiger partial charge in [-0.05, 0) is 30.3 Å². The third-order valence-corrected chi connectivity index (χ3v) is 5.26. The lowest BCUT2D eigenvalue weighted by Crippen LogP contribution is -2.31. The minimum atomic E-state index is -4.61. The topological polar surface area (TPSA) is 160 Å². The number of hydrogen-bond acceptors (Lipinski definition) is 10. The van der Waals surface area contributed by atoms with Crippen LogP contribution in [0.25, 0.3) is 0 Å². The van der Waals surface area contributed by atoms with E-state index >= 15 is 0 Å². The molecule has 0 bridgehead atoms. The Bertz CT molecular complexity index is 1110. The molecule has 0 aliphatic heterocycles. The number of nitrogens with one attached hydrogen (secondary N) is 1. The molecule has 2 aromatic rings. The molecule has 0 saturated carbocycles. The van der Waals surface area contributed by atoms with Gasteiger partial charge in [0.15, 0.2) is 23.0 Å². The Balaban J connectivity index is 2.34. The van der Waals surface area contributed by atoms with E-state index < -0.39 is 44.0 Å². The second-order valence-electron chi connectivity index (χ2n) is 5.76. The molecule has 166 valence electrons. The van der Waals surface area contributed by atoms with Crippen LogP contribution in [-0.4, -0.2) is 53.2 Å². The molecule has 0 spiro atoms. The molecule has 0 heterocycles. The molecular formula is C18H18N2O10S. The third kappa shape index (κ3) is 5.60. The molecule has 1 amide bonds. The van der Waals surface area contributed by atoms with E-state index in [1.807, 2.05) is 0 Å². The second-order valence-corrected chi connectivity index (χ2v) is 7.41. The Morgan fingerprint density at radius 2 is 1.74 bits per heavy atom. The first-order chi connectivity index (χ1) is 14.6. The summed E-state index contributed by atoms with van der Waals surface area (Å²) in [7, 11) is -0.858. The Labute approximate surface area is 176 Å². The van der Waals surface area contributed by atoms with E-state index in [-0.39, 0.29) is 22.8 Å². The minimum Gasteiger partial charge on any atom is -0.497 e. The van der Waals surface area contributed by atoms with E-state index in [1.165, 1.54) is 32.4 Å². The van der Waals surface area contributed by atoms with Gasteiger partial charge in [-0.3, -0.25) is 14.9 Å². The maximum atomic E-state index is 12.6. The number of benzene rings is 2. The molecule has 0 aliphatic carbocycles. The standard InChI is InChI=1S/C18H18N2O10S/c1-27-12-5-7-16(13(9-12)20(23)24)31(25,26)19-18(22)11-4-6-14(28-2)15(8-11)30-10-17(21)29-3/h4-9H,10H2,1-3H3,(H,19,22). The van der Waals surface area contributed by atoms with Gasteiger partial charge in [0.25, 0.3) is 21.6 Å². The summed E-state index contributed by atoms with van der Waals surface area (Å²) in [6.45, 7) is -0.478. The van der Waals surface area contributed by atoms with Gasteiger partial charge in [-0.25, -0.2) is 17.9 Å². The van der Waals surface area contributed by atoms with Crippen molar-refractivity contribution in [1.29, 1.82) is 0 Å². The van der Waals surface area contributed by atoms with Crippen LogP contribution in [0, 0.1) is 10.1 Å². The molecule has 2 rings (SSSR count). The van der Waals surface area contributed by atoms with E-state index in [2.05, 4.69) is 4.74 Å². The maximum absolute atomic E-state index is 12.6. The number of hydrogen-bond donors (Lipinski definition) is 1. The molecule has 0 unspecified atom stereocenters. The third-order valence-electron chi connectivity index (χ3n) is 3.88. The second kappa shape index (κ2) is 9.75. The van der Waals surface area contributed by atoms with Gasteiger partial charge in [-0.2, -0.15) is 0 Å². The summed E-state index contributed by atoms with van der Waals surface area (Å²) in [5, 5.41) is 11.3. The average molecular weight is 454 g/mol. The normalized spacial score (nSPS) is 10.7. The molecule has 13 heteroatoms. The van der Waals surface area contributed by atoms with Crippen LogP contribution < -0.4 is 18.9 Å². The zero-order valence-corrected chi connectivity index (χ0v) is 17.4. The first-order valence-electron chi connectivity index (χ1n) is 8.40. The fraction of sp³-hybridized carbons (Fsp3) is 0.222. The van der Waals surface area contributed by atoms with Crippen molar-refractivity contribution in [2.45, 2.75) is 4.90 Å². The number of ether oxygens (including phenoxy) is 4. The molecule has 0 radical (unpaired) electrons. The number of rotatable bonds is 9. The van der Waals surface area contributed by atoms with Crippen LogP contribution in [0.15, 0.2) is 41.3 Å². The van der Waals surface area contributed by atoms with Crippen molar-refractivity contribution in [2.75, 3.05) is 27.9 Å². The Hall–Kier alpha value is -3.87. The molecule has 12 nitrogen and oxygen atoms in total. The lowest BCUT2D eigenvalue weighted by atomic mass is 10.2. The van der Waals surface area contributed by atoms with Crippen molar-refractivity contribution in [1.82, 2.24) is 4.72 Å². The van der Waals surface area contributed by atoms with Gasteiger partial charge in [-0.1, -0.05) is 0 Å². The highest BCUT2D eigenvalue weighted by molar-refractivity contribution is 7.90. The molecule has 0 aliphatic rings. The summed E-state index contributed by atoms with van der Waals surface area (Å²) in [5.74, 6) is -1.55. The molecule has 31 heavy (non-hydrogen) atoms. The van der Waals surface area contributed by atoms with Gasteiger partial charge in [0, 0.05) is 5.56 Å². The van der Waals surface area contributed by atoms with E-state index in [4.69, 9.17) is 14.2 Å². The molecule has 0 saturated heterocycles. The van der Waals surface area contributed by atoms with E-state index in [0.717, 1.165) is 25.3 Å². The number of carbonyl (C=O) groups excluding carboxylic acids is 2. The lowest BCUT2D eigenvalue weighted by Gasteiger charge is -2.12. The number of carbonyl (C=O) groups is 2. The van der Waals surface area contributed by atoms with Gasteiger partial charge < -0.3 is 18.9 Å². The number of nitrogens with zero attached hydrogens (tertiary/aromatic N) is 1. The highest BCUT2D eigenvalue weighted by atomic mass is 32.2. The van der Waals surface area contributed by atoms with Gasteiger partial charge >= 0.3 is 5.97 Å². The van der Waals surface area contributed by atoms with Gasteiger partial charge in [-0.15, -0.1) is 0 Å². The first-order valence-corrected chi connectivity index (χ1v) is 9.88. The zero-order chi connectivity index (χ0) is 23.2. The van der Waals surface area contributed by atoms with Crippen molar-refractivity contribution in [3.05, 3.63) is 52.1 Å². The maximum Gasteiger partial charge on any atom is 0.343 e. The van der Waals surface area contributed by atoms with Crippen LogP contribution in [0.3, 0.4) is 0 Å². The Morgan fingerprint density at radius 3 is 2.32 bits per heavy atom. The van der Waals surface area contributed by atoms with Crippen molar-refractivity contribution >= 4 is 27.6 Å². The molecule has 0 fully saturated rings. The quantitative estimate of drug-likeness (QED) is 0.332. The molecule has 0 aromatic heterocycles. The summed E-state index contributed by atoms with van der Waals surface area (Å²) in [6.07, 6.45) is 0. The van der Waals surface area contributed by atoms with E-state index in [0.29, 0.717) is 0 Å². The Kier molecular flexibility index (Phi) is 7.37. The fourth-order valence-corrected chi connectivity index (χ4v) is 3.48. The highest BCUT2D eigenvalue weighted by Gasteiger charge is 2.29. The number of nitro groups is 1. The highest BCUT2D eigenvalue weighted by Crippen LogP contribution is 2.30. The summed E-state index contributed by atoms with van der Waals surface area (Å²) >= 11 is 0. The summed E-state index contributed by atoms with van der Waals surface area (Å²) in [6, 6.07) is 6.80. The van der Waals surface area contributed by atoms with Crippen molar-refractivity contribution in [2.24, 2.45) is 0 Å². The molecule has 1 N–H and O–H groups in total. The number of amides is 1. The Morgan fingerprint density at radius 1 is 1.03 bits per heavy atom. The average Bonchev–Trinajstić information content (AvgIpc) is 2.76. The summed E-state index contributed by atoms with van der Waals surface area (Å²) < 4.78 is 46.6. The fourth-order valence-electron chi connectivity index (χ4n) is 2.36. The number of nitro benzene ring substituents is 1. The van der Waals surface area contributed by atoms with Crippen LogP contribution in [0.1, 0.15) is 10.4 Å². The van der Waals surface area contributed by atoms with Crippen LogP contribution >= 0.6 is 0 Å². The van der Waals surface area contributed by atoms with Crippen molar-refractivity contribution in [3.8, 4) is 17.2 Å². The summed E-state index contributed by atoms with van der Waals surface area (Å²) in [5.41, 5.74) is -0.933. The van der Waals surface area contributed by atoms with Gasteiger partial charge in [0.1, 0.15) is 5.75 Å². The van der Waals surface area contributed by atoms with Crippen LogP contribution in [-0.2, 0) is 19.6 Å². The smallest absolute Gasteiger partial charge is 0.343 e. The summed E-state index contributed by atoms with van der Waals surface area (Å²) in [4.78, 5) is 33.4. The molecular weight excluding hydrogens is 436 g/mol.